The van der Waals surface area contributed by atoms with E-state index in [1.165, 1.54) is 42.7 Å². The van der Waals surface area contributed by atoms with Crippen LogP contribution in [-0.2, 0) is 0 Å². The number of allylic oxidation sites excluding steroid dienone is 1. The Morgan fingerprint density at radius 1 is 1.03 bits per heavy atom. The van der Waals surface area contributed by atoms with Gasteiger partial charge in [0.1, 0.15) is 11.5 Å². The zero-order chi connectivity index (χ0) is 24.0. The normalized spacial score (nSPS) is 10.8. The number of carboxylic acids is 1. The first-order chi connectivity index (χ1) is 15.9. The number of carboxylic acid groups (broad SMARTS) is 1. The van der Waals surface area contributed by atoms with Crippen molar-refractivity contribution in [2.75, 3.05) is 26.9 Å². The van der Waals surface area contributed by atoms with E-state index in [-0.39, 0.29) is 36.7 Å². The summed E-state index contributed by atoms with van der Waals surface area (Å²) in [5.74, 6) is -1.02. The Hall–Kier alpha value is -3.46. The number of carbonyl (C=O) groups is 2. The van der Waals surface area contributed by atoms with E-state index in [1.54, 1.807) is 12.1 Å². The van der Waals surface area contributed by atoms with Crippen molar-refractivity contribution >= 4 is 28.7 Å². The number of Topliss-reactive ketones (excluding diaryl/α,β-unsaturated/α-hetero) is 1. The number of methoxy groups -OCH3 is 1. The van der Waals surface area contributed by atoms with Crippen LogP contribution in [0.5, 0.6) is 11.5 Å². The molecule has 0 fully saturated rings. The van der Waals surface area contributed by atoms with Crippen molar-refractivity contribution in [2.24, 2.45) is 5.92 Å². The topological polar surface area (TPSA) is 113 Å². The van der Waals surface area contributed by atoms with E-state index in [0.29, 0.717) is 28.2 Å². The van der Waals surface area contributed by atoms with Crippen molar-refractivity contribution in [3.63, 3.8) is 0 Å². The first kappa shape index (κ1) is 24.2. The largest absolute Gasteiger partial charge is 0.496 e. The van der Waals surface area contributed by atoms with Crippen molar-refractivity contribution in [3.8, 4) is 21.9 Å². The van der Waals surface area contributed by atoms with Crippen LogP contribution in [0.1, 0.15) is 26.3 Å². The molecule has 0 atom stereocenters. The predicted molar refractivity (Wildman–Crippen MR) is 126 cm³/mol. The maximum Gasteiger partial charge on any atom is 0.335 e. The molecule has 0 saturated carbocycles. The number of thiophene rings is 1. The van der Waals surface area contributed by atoms with E-state index in [1.807, 2.05) is 17.5 Å². The molecule has 2 aromatic carbocycles. The van der Waals surface area contributed by atoms with E-state index < -0.39 is 11.9 Å². The highest BCUT2D eigenvalue weighted by Gasteiger charge is 2.21. The second-order valence-electron chi connectivity index (χ2n) is 7.26. The van der Waals surface area contributed by atoms with Crippen LogP contribution in [0.3, 0.4) is 0 Å². The third-order valence-corrected chi connectivity index (χ3v) is 5.98. The van der Waals surface area contributed by atoms with Gasteiger partial charge in [-0.05, 0) is 29.6 Å². The summed E-state index contributed by atoms with van der Waals surface area (Å²) in [7, 11) is 1.47. The summed E-state index contributed by atoms with van der Waals surface area (Å²) >= 11 is 1.49. The number of benzene rings is 2. The van der Waals surface area contributed by atoms with Crippen molar-refractivity contribution in [2.45, 2.75) is 0 Å². The molecule has 1 aromatic heterocycles. The number of aliphatic hydroxyl groups is 2. The van der Waals surface area contributed by atoms with E-state index in [0.717, 1.165) is 4.88 Å². The molecule has 3 N–H and O–H groups in total. The lowest BCUT2D eigenvalue weighted by Gasteiger charge is -2.19. The monoisotopic (exact) mass is 468 g/mol. The molecule has 8 heteroatoms. The molecule has 0 saturated heterocycles. The van der Waals surface area contributed by atoms with Crippen LogP contribution in [-0.4, -0.2) is 54.0 Å². The van der Waals surface area contributed by atoms with Gasteiger partial charge in [0.25, 0.3) is 0 Å². The predicted octanol–water partition coefficient (Wildman–Crippen LogP) is 4.00. The van der Waals surface area contributed by atoms with Crippen molar-refractivity contribution < 1.29 is 34.4 Å². The number of aliphatic hydroxyl groups excluding tert-OH is 2. The van der Waals surface area contributed by atoms with Crippen LogP contribution in [0.15, 0.2) is 60.5 Å². The molecule has 0 spiro atoms. The van der Waals surface area contributed by atoms with Crippen molar-refractivity contribution in [1.82, 2.24) is 0 Å². The van der Waals surface area contributed by atoms with Gasteiger partial charge in [0.2, 0.25) is 0 Å². The summed E-state index contributed by atoms with van der Waals surface area (Å²) in [6.45, 7) is 3.64. The molecule has 0 aliphatic heterocycles. The van der Waals surface area contributed by atoms with Crippen molar-refractivity contribution in [3.05, 3.63) is 77.2 Å². The van der Waals surface area contributed by atoms with Gasteiger partial charge < -0.3 is 24.8 Å². The van der Waals surface area contributed by atoms with Gasteiger partial charge >= 0.3 is 5.97 Å². The number of ether oxygens (including phenoxy) is 2. The molecule has 0 bridgehead atoms. The van der Waals surface area contributed by atoms with Crippen LogP contribution in [0.2, 0.25) is 0 Å². The quantitative estimate of drug-likeness (QED) is 0.288. The summed E-state index contributed by atoms with van der Waals surface area (Å²) in [5, 5.41) is 29.7. The molecule has 0 radical (unpaired) electrons. The molecule has 1 heterocycles. The second kappa shape index (κ2) is 10.9. The lowest BCUT2D eigenvalue weighted by atomic mass is 9.94. The van der Waals surface area contributed by atoms with Gasteiger partial charge in [-0.15, -0.1) is 11.3 Å². The summed E-state index contributed by atoms with van der Waals surface area (Å²) in [6.07, 6.45) is 0. The lowest BCUT2D eigenvalue weighted by molar-refractivity contribution is 0.0696. The minimum atomic E-state index is -1.07. The summed E-state index contributed by atoms with van der Waals surface area (Å²) in [5.41, 5.74) is 1.76. The Kier molecular flexibility index (Phi) is 8.00. The molecule has 0 amide bonds. The number of aromatic carboxylic acids is 1. The number of rotatable bonds is 11. The van der Waals surface area contributed by atoms with E-state index in [9.17, 15) is 19.8 Å². The van der Waals surface area contributed by atoms with Crippen LogP contribution < -0.4 is 9.47 Å². The zero-order valence-corrected chi connectivity index (χ0v) is 18.8. The van der Waals surface area contributed by atoms with Crippen LogP contribution in [0.4, 0.5) is 0 Å². The van der Waals surface area contributed by atoms with Gasteiger partial charge in [-0.2, -0.15) is 0 Å². The molecular weight excluding hydrogens is 444 g/mol. The fraction of sp³-hybridized carbons (Fsp3) is 0.200. The highest BCUT2D eigenvalue weighted by Crippen LogP contribution is 2.41. The zero-order valence-electron chi connectivity index (χ0n) is 18.0. The van der Waals surface area contributed by atoms with Gasteiger partial charge in [0.05, 0.1) is 32.5 Å². The van der Waals surface area contributed by atoms with Crippen molar-refractivity contribution in [1.29, 1.82) is 0 Å². The molecule has 33 heavy (non-hydrogen) atoms. The third-order valence-electron chi connectivity index (χ3n) is 5.07. The first-order valence-corrected chi connectivity index (χ1v) is 10.9. The molecule has 172 valence electrons. The van der Waals surface area contributed by atoms with E-state index in [4.69, 9.17) is 14.6 Å². The molecule has 0 unspecified atom stereocenters. The van der Waals surface area contributed by atoms with Gasteiger partial charge in [0.15, 0.2) is 5.78 Å². The number of hydrogen-bond donors (Lipinski definition) is 3. The summed E-state index contributed by atoms with van der Waals surface area (Å²) in [6, 6.07) is 12.9. The maximum atomic E-state index is 13.1. The van der Waals surface area contributed by atoms with Gasteiger partial charge in [-0.3, -0.25) is 4.79 Å². The highest BCUT2D eigenvalue weighted by atomic mass is 32.1. The number of carbonyl (C=O) groups excluding carboxylic acids is 1. The number of ketones is 1. The van der Waals surface area contributed by atoms with Gasteiger partial charge in [-0.1, -0.05) is 24.8 Å². The van der Waals surface area contributed by atoms with Crippen LogP contribution >= 0.6 is 11.3 Å². The van der Waals surface area contributed by atoms with Crippen LogP contribution in [0.25, 0.3) is 16.0 Å². The average molecular weight is 469 g/mol. The van der Waals surface area contributed by atoms with Gasteiger partial charge in [-0.25, -0.2) is 4.79 Å². The smallest absolute Gasteiger partial charge is 0.335 e. The van der Waals surface area contributed by atoms with E-state index in [2.05, 4.69) is 6.58 Å². The fourth-order valence-electron chi connectivity index (χ4n) is 3.14. The summed E-state index contributed by atoms with van der Waals surface area (Å²) in [4.78, 5) is 25.1. The molecular formula is C25H24O7S. The Morgan fingerprint density at radius 2 is 1.70 bits per heavy atom. The Balaban J connectivity index is 2.00. The molecule has 7 nitrogen and oxygen atoms in total. The second-order valence-corrected chi connectivity index (χ2v) is 8.21. The SMILES string of the molecule is C=C(C(=O)c1ccc(C(=O)O)cc1)c1cc(-c2cccs2)c(OCC(CO)CO)cc1OC. The number of hydrogen-bond acceptors (Lipinski definition) is 7. The summed E-state index contributed by atoms with van der Waals surface area (Å²) < 4.78 is 11.4. The molecule has 0 aliphatic carbocycles. The molecule has 3 aromatic rings. The molecule has 0 aliphatic rings. The standard InChI is InChI=1S/C25H24O7S/c1-15(24(28)17-5-7-18(8-6-17)25(29)30)19-10-20(23-4-3-9-33-23)22(11-21(19)31-2)32-14-16(12-26)13-27/h3-11,16,26-27H,1,12-14H2,2H3,(H,29,30). The Morgan fingerprint density at radius 3 is 2.24 bits per heavy atom. The lowest BCUT2D eigenvalue weighted by Crippen LogP contribution is -2.20. The third kappa shape index (κ3) is 5.48. The Bertz CT molecular complexity index is 1130. The van der Waals surface area contributed by atoms with Crippen LogP contribution in [0, 0.1) is 5.92 Å². The Labute approximate surface area is 195 Å². The first-order valence-electron chi connectivity index (χ1n) is 10.1. The minimum absolute atomic E-state index is 0.0836. The van der Waals surface area contributed by atoms with E-state index >= 15 is 0 Å². The fourth-order valence-corrected chi connectivity index (χ4v) is 3.89. The average Bonchev–Trinajstić information content (AvgIpc) is 3.38. The van der Waals surface area contributed by atoms with Gasteiger partial charge in [0, 0.05) is 39.1 Å². The minimum Gasteiger partial charge on any atom is -0.496 e. The maximum absolute atomic E-state index is 13.1. The highest BCUT2D eigenvalue weighted by molar-refractivity contribution is 7.13. The molecule has 3 rings (SSSR count).